The Morgan fingerprint density at radius 1 is 0.546 bits per heavy atom. The number of ether oxygens (including phenoxy) is 12. The summed E-state index contributed by atoms with van der Waals surface area (Å²) in [6, 6.07) is 0. The number of aliphatic hydroxyl groups excluding tert-OH is 17. The lowest BCUT2D eigenvalue weighted by Crippen LogP contribution is -2.68. The van der Waals surface area contributed by atoms with E-state index in [9.17, 15) is 102 Å². The van der Waals surface area contributed by atoms with Gasteiger partial charge < -0.3 is 154 Å². The number of carbonyl (C=O) groups excluding carboxylic acids is 2. The minimum Gasteiger partial charge on any atom is -0.479 e. The molecular weight excluding hydrogens is 1300 g/mol. The first kappa shape index (κ1) is 75.4. The largest absolute Gasteiger partial charge is 0.479 e. The third kappa shape index (κ3) is 13.1. The van der Waals surface area contributed by atoms with Crippen LogP contribution in [0.15, 0.2) is 11.6 Å². The topological polar surface area (TPSA) is 526 Å². The van der Waals surface area contributed by atoms with E-state index in [4.69, 9.17) is 56.8 Å². The number of carbonyl (C=O) groups is 3. The fraction of sp³-hybridized carbons (Fsp3) is 0.922. The molecule has 0 aromatic carbocycles. The van der Waals surface area contributed by atoms with Gasteiger partial charge in [-0.1, -0.05) is 53.2 Å². The zero-order valence-electron chi connectivity index (χ0n) is 55.0. The number of aliphatic carboxylic acids is 1. The molecular formula is C64H100O33. The smallest absolute Gasteiger partial charge is 0.335 e. The molecule has 11 aliphatic rings. The minimum absolute atomic E-state index is 0.132. The van der Waals surface area contributed by atoms with Gasteiger partial charge in [-0.2, -0.15) is 0 Å². The highest BCUT2D eigenvalue weighted by atomic mass is 16.8. The van der Waals surface area contributed by atoms with E-state index >= 15 is 4.79 Å². The Labute approximate surface area is 558 Å². The van der Waals surface area contributed by atoms with E-state index in [1.165, 1.54) is 6.92 Å². The van der Waals surface area contributed by atoms with Crippen molar-refractivity contribution in [2.45, 2.75) is 284 Å². The van der Waals surface area contributed by atoms with Gasteiger partial charge in [-0.05, 0) is 97.7 Å². The number of allylic oxidation sites excluding steroid dienone is 2. The molecule has 0 bridgehead atoms. The average molecular weight is 1400 g/mol. The van der Waals surface area contributed by atoms with Crippen LogP contribution in [0.25, 0.3) is 0 Å². The lowest BCUT2D eigenvalue weighted by Gasteiger charge is -2.71. The first-order valence-electron chi connectivity index (χ1n) is 33.7. The number of carboxylic acids is 1. The Morgan fingerprint density at radius 2 is 1.12 bits per heavy atom. The molecule has 0 spiro atoms. The Kier molecular flexibility index (Phi) is 22.0. The molecule has 0 aromatic rings. The SMILES string of the molecule is CC1OC(OC2C(OC(=O)C3CC(C)(C)CC4C5=CCC6C7(C)CCC(OC8OC(C(=O)O)C(O)C(O)C8OC8OC(CO)C(O)C(O)C8O)C(C)(C=O)C7CCC6(C)C5(C)CC(O)C34)OCC(OC3OCC(O)C(O)C3O)C2O)C(O)C(OC2OC(CO)C(O)C(O)C2O)C1O. The van der Waals surface area contributed by atoms with E-state index in [0.717, 1.165) is 11.9 Å². The van der Waals surface area contributed by atoms with Gasteiger partial charge in [-0.15, -0.1) is 0 Å². The predicted molar refractivity (Wildman–Crippen MR) is 317 cm³/mol. The molecule has 33 heteroatoms. The highest BCUT2D eigenvalue weighted by Gasteiger charge is 2.71. The molecule has 10 fully saturated rings. The zero-order chi connectivity index (χ0) is 70.8. The Bertz CT molecular complexity index is 2800. The molecule has 6 aliphatic heterocycles. The van der Waals surface area contributed by atoms with Gasteiger partial charge >= 0.3 is 11.9 Å². The van der Waals surface area contributed by atoms with Gasteiger partial charge in [0.15, 0.2) is 43.7 Å². The molecule has 6 heterocycles. The number of hydrogen-bond donors (Lipinski definition) is 18. The summed E-state index contributed by atoms with van der Waals surface area (Å²) in [6.07, 6.45) is -46.4. The second-order valence-corrected chi connectivity index (χ2v) is 30.8. The zero-order valence-corrected chi connectivity index (χ0v) is 55.0. The summed E-state index contributed by atoms with van der Waals surface area (Å²) in [6.45, 7) is 10.9. The third-order valence-corrected chi connectivity index (χ3v) is 24.5. The van der Waals surface area contributed by atoms with Crippen LogP contribution >= 0.6 is 0 Å². The molecule has 97 heavy (non-hydrogen) atoms. The molecule has 11 rings (SSSR count). The molecule has 39 unspecified atom stereocenters. The minimum atomic E-state index is -2.11. The number of fused-ring (bicyclic) bond motifs is 7. The highest BCUT2D eigenvalue weighted by Crippen LogP contribution is 2.75. The summed E-state index contributed by atoms with van der Waals surface area (Å²) >= 11 is 0. The van der Waals surface area contributed by atoms with Gasteiger partial charge in [0.25, 0.3) is 0 Å². The van der Waals surface area contributed by atoms with Crippen LogP contribution in [0, 0.1) is 56.7 Å². The van der Waals surface area contributed by atoms with Crippen molar-refractivity contribution in [1.82, 2.24) is 0 Å². The molecule has 0 aromatic heterocycles. The van der Waals surface area contributed by atoms with Gasteiger partial charge in [0.2, 0.25) is 6.29 Å². The molecule has 4 saturated carbocycles. The second-order valence-electron chi connectivity index (χ2n) is 30.8. The van der Waals surface area contributed by atoms with E-state index in [1.54, 1.807) is 6.92 Å². The van der Waals surface area contributed by atoms with Gasteiger partial charge in [-0.25, -0.2) is 4.79 Å². The van der Waals surface area contributed by atoms with Crippen molar-refractivity contribution in [2.75, 3.05) is 26.4 Å². The maximum Gasteiger partial charge on any atom is 0.335 e. The van der Waals surface area contributed by atoms with Crippen molar-refractivity contribution in [3.8, 4) is 0 Å². The number of carboxylic acid groups (broad SMARTS) is 1. The van der Waals surface area contributed by atoms with Crippen LogP contribution in [0.1, 0.15) is 99.8 Å². The van der Waals surface area contributed by atoms with Crippen LogP contribution in [0.3, 0.4) is 0 Å². The lowest BCUT2D eigenvalue weighted by atomic mass is 9.34. The van der Waals surface area contributed by atoms with Gasteiger partial charge in [0.05, 0.1) is 56.1 Å². The van der Waals surface area contributed by atoms with Crippen LogP contribution in [0.4, 0.5) is 0 Å². The standard InChI is InChI=1S/C64H100O33/c1-22-35(70)48(93-55-45(80)40(75)37(72)28(17-65)89-55)47(82)57(88-22)95-50-39(74)30(91-54-44(79)36(71)27(69)19-86-54)20-87-58(50)97-53(85)24-15-60(2,3)14-23-25-8-9-32-61(4)12-11-33(62(5,21-67)31(61)10-13-63(32,6)64(25,7)16-26(68)34(23)24)92-59-51(43(78)42(77)49(94-59)52(83)84)96-56-46(81)41(76)38(73)29(18-66)90-56/h8,21-24,26-51,54-59,65-66,68-82H,9-20H2,1-7H3,(H,83,84). The average Bonchev–Trinajstić information content (AvgIpc) is 0.677. The van der Waals surface area contributed by atoms with Crippen molar-refractivity contribution in [2.24, 2.45) is 56.7 Å². The van der Waals surface area contributed by atoms with Crippen molar-refractivity contribution in [3.63, 3.8) is 0 Å². The molecule has 33 nitrogen and oxygen atoms in total. The van der Waals surface area contributed by atoms with Crippen molar-refractivity contribution in [3.05, 3.63) is 11.6 Å². The molecule has 5 aliphatic carbocycles. The molecule has 39 atom stereocenters. The summed E-state index contributed by atoms with van der Waals surface area (Å²) < 4.78 is 71.1. The maximum atomic E-state index is 15.3. The fourth-order valence-corrected chi connectivity index (χ4v) is 19.0. The quantitative estimate of drug-likeness (QED) is 0.0296. The molecule has 18 N–H and O–H groups in total. The summed E-state index contributed by atoms with van der Waals surface area (Å²) in [5, 5.41) is 196. The van der Waals surface area contributed by atoms with Crippen LogP contribution in [-0.2, 0) is 71.2 Å². The van der Waals surface area contributed by atoms with Crippen LogP contribution in [0.5, 0.6) is 0 Å². The monoisotopic (exact) mass is 1400 g/mol. The Morgan fingerprint density at radius 3 is 1.72 bits per heavy atom. The molecule has 6 saturated heterocycles. The van der Waals surface area contributed by atoms with E-state index in [2.05, 4.69) is 26.8 Å². The predicted octanol–water partition coefficient (Wildman–Crippen LogP) is -5.98. The van der Waals surface area contributed by atoms with E-state index < -0.39 is 273 Å². The van der Waals surface area contributed by atoms with Crippen molar-refractivity contribution in [1.29, 1.82) is 0 Å². The number of aldehydes is 1. The Hall–Kier alpha value is -2.77. The highest BCUT2D eigenvalue weighted by molar-refractivity contribution is 5.74. The number of aliphatic hydroxyl groups is 17. The number of hydrogen-bond acceptors (Lipinski definition) is 32. The van der Waals surface area contributed by atoms with E-state index in [0.29, 0.717) is 32.1 Å². The summed E-state index contributed by atoms with van der Waals surface area (Å²) in [7, 11) is 0. The van der Waals surface area contributed by atoms with Crippen LogP contribution < -0.4 is 0 Å². The summed E-state index contributed by atoms with van der Waals surface area (Å²) in [4.78, 5) is 41.7. The second kappa shape index (κ2) is 28.4. The van der Waals surface area contributed by atoms with Crippen molar-refractivity contribution >= 4 is 18.2 Å². The normalized spacial score (nSPS) is 54.6. The molecule has 0 radical (unpaired) electrons. The first-order chi connectivity index (χ1) is 45.5. The van der Waals surface area contributed by atoms with Gasteiger partial charge in [0.1, 0.15) is 122 Å². The molecule has 0 amide bonds. The fourth-order valence-electron chi connectivity index (χ4n) is 19.0. The van der Waals surface area contributed by atoms with Crippen molar-refractivity contribution < 1.29 is 163 Å². The van der Waals surface area contributed by atoms with Crippen LogP contribution in [0.2, 0.25) is 0 Å². The summed E-state index contributed by atoms with van der Waals surface area (Å²) in [5.74, 6) is -5.23. The lowest BCUT2D eigenvalue weighted by molar-refractivity contribution is -0.381. The van der Waals surface area contributed by atoms with E-state index in [-0.39, 0.29) is 25.2 Å². The van der Waals surface area contributed by atoms with E-state index in [1.807, 2.05) is 13.8 Å². The van der Waals surface area contributed by atoms with Gasteiger partial charge in [0, 0.05) is 5.92 Å². The Balaban J connectivity index is 0.835. The first-order valence-corrected chi connectivity index (χ1v) is 33.7. The number of rotatable bonds is 16. The molecule has 554 valence electrons. The summed E-state index contributed by atoms with van der Waals surface area (Å²) in [5.41, 5.74) is -2.74. The number of esters is 1. The van der Waals surface area contributed by atoms with Crippen LogP contribution in [-0.4, -0.2) is 321 Å². The maximum absolute atomic E-state index is 15.3. The van der Waals surface area contributed by atoms with Gasteiger partial charge in [-0.3, -0.25) is 4.79 Å². The third-order valence-electron chi connectivity index (χ3n) is 24.5.